The van der Waals surface area contributed by atoms with E-state index in [1.807, 2.05) is 31.2 Å². The molecule has 3 nitrogen and oxygen atoms in total. The summed E-state index contributed by atoms with van der Waals surface area (Å²) in [4.78, 5) is 14.1. The molecule has 0 bridgehead atoms. The van der Waals surface area contributed by atoms with E-state index in [9.17, 15) is 4.79 Å². The molecule has 0 aromatic heterocycles. The third kappa shape index (κ3) is 4.57. The molecule has 0 atom stereocenters. The number of carbonyl (C=O) groups excluding carboxylic acids is 1. The van der Waals surface area contributed by atoms with Gasteiger partial charge in [0.15, 0.2) is 0 Å². The lowest BCUT2D eigenvalue weighted by atomic mass is 10.1. The van der Waals surface area contributed by atoms with Crippen molar-refractivity contribution in [2.45, 2.75) is 20.8 Å². The third-order valence-corrected chi connectivity index (χ3v) is 2.92. The molecule has 0 aliphatic carbocycles. The summed E-state index contributed by atoms with van der Waals surface area (Å²) < 4.78 is 0. The fraction of sp³-hybridized carbons (Fsp3) is 0.500. The highest BCUT2D eigenvalue weighted by Gasteiger charge is 2.05. The van der Waals surface area contributed by atoms with E-state index in [4.69, 9.17) is 0 Å². The van der Waals surface area contributed by atoms with E-state index >= 15 is 0 Å². The number of nitrogens with zero attached hydrogens (tertiary/aromatic N) is 1. The minimum atomic E-state index is 0.0113. The number of rotatable bonds is 6. The molecular formula is C14H22N2O. The third-order valence-electron chi connectivity index (χ3n) is 2.92. The molecule has 0 saturated carbocycles. The minimum Gasteiger partial charge on any atom is -0.351 e. The van der Waals surface area contributed by atoms with Crippen LogP contribution in [-0.4, -0.2) is 37.0 Å². The first-order valence-electron chi connectivity index (χ1n) is 6.24. The predicted octanol–water partition coefficient (Wildman–Crippen LogP) is 2.07. The van der Waals surface area contributed by atoms with E-state index in [0.29, 0.717) is 6.54 Å². The molecule has 1 aromatic carbocycles. The zero-order valence-corrected chi connectivity index (χ0v) is 11.0. The van der Waals surface area contributed by atoms with Gasteiger partial charge in [-0.3, -0.25) is 4.79 Å². The fourth-order valence-corrected chi connectivity index (χ4v) is 1.67. The first kappa shape index (κ1) is 13.7. The average Bonchev–Trinajstić information content (AvgIpc) is 2.35. The normalized spacial score (nSPS) is 10.6. The molecule has 0 saturated heterocycles. The van der Waals surface area contributed by atoms with Crippen LogP contribution in [0.15, 0.2) is 24.3 Å². The van der Waals surface area contributed by atoms with Crippen LogP contribution in [-0.2, 0) is 0 Å². The Kier molecular flexibility index (Phi) is 5.70. The molecule has 94 valence electrons. The zero-order chi connectivity index (χ0) is 12.7. The number of nitrogens with one attached hydrogen (secondary N) is 1. The van der Waals surface area contributed by atoms with Gasteiger partial charge in [-0.25, -0.2) is 0 Å². The molecule has 1 rings (SSSR count). The zero-order valence-electron chi connectivity index (χ0n) is 11.0. The van der Waals surface area contributed by atoms with Gasteiger partial charge in [0.1, 0.15) is 0 Å². The first-order valence-corrected chi connectivity index (χ1v) is 6.24. The Hall–Kier alpha value is -1.35. The highest BCUT2D eigenvalue weighted by molar-refractivity contribution is 5.94. The van der Waals surface area contributed by atoms with Crippen LogP contribution in [0.3, 0.4) is 0 Å². The monoisotopic (exact) mass is 234 g/mol. The summed E-state index contributed by atoms with van der Waals surface area (Å²) in [6, 6.07) is 7.64. The molecule has 0 aliphatic heterocycles. The average molecular weight is 234 g/mol. The molecule has 0 heterocycles. The maximum Gasteiger partial charge on any atom is 0.251 e. The summed E-state index contributed by atoms with van der Waals surface area (Å²) in [5.41, 5.74) is 1.90. The topological polar surface area (TPSA) is 32.3 Å². The van der Waals surface area contributed by atoms with Crippen LogP contribution in [0.5, 0.6) is 0 Å². The van der Waals surface area contributed by atoms with Crippen molar-refractivity contribution in [3.8, 4) is 0 Å². The maximum absolute atomic E-state index is 11.8. The van der Waals surface area contributed by atoms with Gasteiger partial charge < -0.3 is 10.2 Å². The summed E-state index contributed by atoms with van der Waals surface area (Å²) in [7, 11) is 0. The van der Waals surface area contributed by atoms with Crippen LogP contribution in [0.2, 0.25) is 0 Å². The number of hydrogen-bond donors (Lipinski definition) is 1. The lowest BCUT2D eigenvalue weighted by molar-refractivity contribution is 0.0949. The second-order valence-corrected chi connectivity index (χ2v) is 4.15. The van der Waals surface area contributed by atoms with Gasteiger partial charge in [0.05, 0.1) is 0 Å². The van der Waals surface area contributed by atoms with Crippen LogP contribution in [0.25, 0.3) is 0 Å². The number of carbonyl (C=O) groups is 1. The molecule has 0 fully saturated rings. The SMILES string of the molecule is CCN(CC)CCNC(=O)c1ccc(C)cc1. The number of aryl methyl sites for hydroxylation is 1. The lowest BCUT2D eigenvalue weighted by Gasteiger charge is -2.17. The van der Waals surface area contributed by atoms with Gasteiger partial charge in [0, 0.05) is 18.7 Å². The van der Waals surface area contributed by atoms with Crippen molar-refractivity contribution < 1.29 is 4.79 Å². The number of likely N-dealkylation sites (N-methyl/N-ethyl adjacent to an activating group) is 1. The quantitative estimate of drug-likeness (QED) is 0.817. The van der Waals surface area contributed by atoms with Gasteiger partial charge in [-0.2, -0.15) is 0 Å². The summed E-state index contributed by atoms with van der Waals surface area (Å²) in [5, 5.41) is 2.94. The minimum absolute atomic E-state index is 0.0113. The van der Waals surface area contributed by atoms with E-state index in [2.05, 4.69) is 24.1 Å². The van der Waals surface area contributed by atoms with Gasteiger partial charge >= 0.3 is 0 Å². The molecule has 1 aromatic rings. The van der Waals surface area contributed by atoms with Gasteiger partial charge in [0.25, 0.3) is 5.91 Å². The van der Waals surface area contributed by atoms with Crippen molar-refractivity contribution in [3.05, 3.63) is 35.4 Å². The number of benzene rings is 1. The summed E-state index contributed by atoms with van der Waals surface area (Å²) in [5.74, 6) is 0.0113. The van der Waals surface area contributed by atoms with Crippen molar-refractivity contribution in [2.24, 2.45) is 0 Å². The second-order valence-electron chi connectivity index (χ2n) is 4.15. The Labute approximate surface area is 104 Å². The van der Waals surface area contributed by atoms with Crippen LogP contribution in [0.1, 0.15) is 29.8 Å². The highest BCUT2D eigenvalue weighted by Crippen LogP contribution is 2.02. The van der Waals surface area contributed by atoms with Gasteiger partial charge in [-0.05, 0) is 32.1 Å². The fourth-order valence-electron chi connectivity index (χ4n) is 1.67. The Morgan fingerprint density at radius 2 is 1.76 bits per heavy atom. The van der Waals surface area contributed by atoms with Gasteiger partial charge in [-0.1, -0.05) is 31.5 Å². The van der Waals surface area contributed by atoms with Crippen LogP contribution < -0.4 is 5.32 Å². The summed E-state index contributed by atoms with van der Waals surface area (Å²) >= 11 is 0. The largest absolute Gasteiger partial charge is 0.351 e. The molecule has 0 radical (unpaired) electrons. The summed E-state index contributed by atoms with van der Waals surface area (Å²) in [6.07, 6.45) is 0. The molecule has 0 spiro atoms. The molecule has 1 amide bonds. The molecule has 17 heavy (non-hydrogen) atoms. The van der Waals surface area contributed by atoms with E-state index in [-0.39, 0.29) is 5.91 Å². The smallest absolute Gasteiger partial charge is 0.251 e. The van der Waals surface area contributed by atoms with Gasteiger partial charge in [0.2, 0.25) is 0 Å². The van der Waals surface area contributed by atoms with Crippen molar-refractivity contribution in [3.63, 3.8) is 0 Å². The Morgan fingerprint density at radius 1 is 1.18 bits per heavy atom. The van der Waals surface area contributed by atoms with Gasteiger partial charge in [-0.15, -0.1) is 0 Å². The molecule has 1 N–H and O–H groups in total. The number of amides is 1. The highest BCUT2D eigenvalue weighted by atomic mass is 16.1. The standard InChI is InChI=1S/C14H22N2O/c1-4-16(5-2)11-10-15-14(17)13-8-6-12(3)7-9-13/h6-9H,4-5,10-11H2,1-3H3,(H,15,17). The molecule has 3 heteroatoms. The van der Waals surface area contributed by atoms with E-state index < -0.39 is 0 Å². The predicted molar refractivity (Wildman–Crippen MR) is 71.3 cm³/mol. The van der Waals surface area contributed by atoms with Crippen molar-refractivity contribution >= 4 is 5.91 Å². The van der Waals surface area contributed by atoms with Crippen LogP contribution in [0, 0.1) is 6.92 Å². The second kappa shape index (κ2) is 7.07. The molecule has 0 unspecified atom stereocenters. The van der Waals surface area contributed by atoms with Crippen molar-refractivity contribution in [1.29, 1.82) is 0 Å². The van der Waals surface area contributed by atoms with Crippen molar-refractivity contribution in [2.75, 3.05) is 26.2 Å². The van der Waals surface area contributed by atoms with E-state index in [0.717, 1.165) is 25.2 Å². The maximum atomic E-state index is 11.8. The van der Waals surface area contributed by atoms with Crippen LogP contribution in [0.4, 0.5) is 0 Å². The van der Waals surface area contributed by atoms with E-state index in [1.54, 1.807) is 0 Å². The van der Waals surface area contributed by atoms with Crippen molar-refractivity contribution in [1.82, 2.24) is 10.2 Å². The molecule has 0 aliphatic rings. The Morgan fingerprint density at radius 3 is 2.29 bits per heavy atom. The lowest BCUT2D eigenvalue weighted by Crippen LogP contribution is -2.34. The Balaban J connectivity index is 2.37. The van der Waals surface area contributed by atoms with Crippen LogP contribution >= 0.6 is 0 Å². The summed E-state index contributed by atoms with van der Waals surface area (Å²) in [6.45, 7) is 9.94. The first-order chi connectivity index (χ1) is 8.17. The molecular weight excluding hydrogens is 212 g/mol. The Bertz CT molecular complexity index is 342. The number of hydrogen-bond acceptors (Lipinski definition) is 2. The van der Waals surface area contributed by atoms with E-state index in [1.165, 1.54) is 5.56 Å².